The van der Waals surface area contributed by atoms with Crippen molar-refractivity contribution in [2.75, 3.05) is 19.0 Å². The van der Waals surface area contributed by atoms with E-state index >= 15 is 0 Å². The molecule has 2 aromatic rings. The van der Waals surface area contributed by atoms with Crippen LogP contribution >= 0.6 is 12.2 Å². The van der Waals surface area contributed by atoms with Gasteiger partial charge < -0.3 is 20.3 Å². The maximum Gasteiger partial charge on any atom is 0.255 e. The van der Waals surface area contributed by atoms with E-state index in [4.69, 9.17) is 17.0 Å². The predicted octanol–water partition coefficient (Wildman–Crippen LogP) is 6.41. The number of thiocarbonyl (C=S) groups is 1. The number of hydrogen-bond acceptors (Lipinski definition) is 4. The molecule has 1 aliphatic carbocycles. The molecule has 1 aliphatic rings. The van der Waals surface area contributed by atoms with Crippen LogP contribution in [0.5, 0.6) is 5.75 Å². The summed E-state index contributed by atoms with van der Waals surface area (Å²) in [6.07, 6.45) is 7.01. The lowest BCUT2D eigenvalue weighted by Gasteiger charge is -2.31. The van der Waals surface area contributed by atoms with Crippen LogP contribution in [0.25, 0.3) is 0 Å². The molecule has 6 nitrogen and oxygen atoms in total. The zero-order valence-corrected chi connectivity index (χ0v) is 23.7. The van der Waals surface area contributed by atoms with E-state index in [0.717, 1.165) is 49.0 Å². The molecule has 0 radical (unpaired) electrons. The van der Waals surface area contributed by atoms with Gasteiger partial charge >= 0.3 is 0 Å². The van der Waals surface area contributed by atoms with Gasteiger partial charge in [0.25, 0.3) is 5.91 Å². The molecule has 2 amide bonds. The van der Waals surface area contributed by atoms with Crippen molar-refractivity contribution in [1.82, 2.24) is 10.2 Å². The van der Waals surface area contributed by atoms with E-state index in [-0.39, 0.29) is 23.0 Å². The monoisotopic (exact) mass is 523 g/mol. The Morgan fingerprint density at radius 2 is 1.78 bits per heavy atom. The van der Waals surface area contributed by atoms with Crippen molar-refractivity contribution in [2.45, 2.75) is 78.7 Å². The van der Waals surface area contributed by atoms with Gasteiger partial charge in [-0.2, -0.15) is 0 Å². The Labute approximate surface area is 227 Å². The van der Waals surface area contributed by atoms with E-state index in [1.807, 2.05) is 63.9 Å². The average Bonchev–Trinajstić information content (AvgIpc) is 2.88. The highest BCUT2D eigenvalue weighted by molar-refractivity contribution is 7.80. The second-order valence-electron chi connectivity index (χ2n) is 10.8. The molecule has 0 saturated heterocycles. The Balaban J connectivity index is 1.53. The third-order valence-corrected chi connectivity index (χ3v) is 7.44. The SMILES string of the molecule is Cc1ccc(C)c(OCCCC(C)(C)C(=O)NC(=S)Nc2ccccc2C(=O)N(C)C2CCCCC2)c1. The van der Waals surface area contributed by atoms with Crippen molar-refractivity contribution in [2.24, 2.45) is 5.41 Å². The molecule has 2 N–H and O–H groups in total. The fraction of sp³-hybridized carbons (Fsp3) is 0.500. The summed E-state index contributed by atoms with van der Waals surface area (Å²) in [5, 5.41) is 6.08. The van der Waals surface area contributed by atoms with E-state index in [9.17, 15) is 9.59 Å². The first kappa shape index (κ1) is 28.6. The van der Waals surface area contributed by atoms with Crippen molar-refractivity contribution in [3.63, 3.8) is 0 Å². The summed E-state index contributed by atoms with van der Waals surface area (Å²) in [6.45, 7) is 8.41. The molecule has 2 aromatic carbocycles. The van der Waals surface area contributed by atoms with Gasteiger partial charge in [-0.05, 0) is 81.1 Å². The standard InChI is InChI=1S/C30H41N3O3S/c1-21-16-17-22(2)26(20-21)36-19-11-18-30(3,4)28(35)32-29(37)31-25-15-10-9-14-24(25)27(34)33(5)23-12-7-6-8-13-23/h9-10,14-17,20,23H,6-8,11-13,18-19H2,1-5H3,(H2,31,32,35,37). The lowest BCUT2D eigenvalue weighted by Crippen LogP contribution is -2.43. The van der Waals surface area contributed by atoms with Gasteiger partial charge in [0.2, 0.25) is 5.91 Å². The molecular weight excluding hydrogens is 482 g/mol. The second-order valence-corrected chi connectivity index (χ2v) is 11.2. The molecular formula is C30H41N3O3S. The van der Waals surface area contributed by atoms with Crippen LogP contribution in [0.2, 0.25) is 0 Å². The summed E-state index contributed by atoms with van der Waals surface area (Å²) in [5.74, 6) is 0.683. The minimum atomic E-state index is -0.632. The van der Waals surface area contributed by atoms with Gasteiger partial charge in [-0.15, -0.1) is 0 Å². The first-order valence-electron chi connectivity index (χ1n) is 13.3. The first-order valence-corrected chi connectivity index (χ1v) is 13.7. The first-order chi connectivity index (χ1) is 17.6. The molecule has 1 fully saturated rings. The van der Waals surface area contributed by atoms with Gasteiger partial charge in [-0.25, -0.2) is 0 Å². The number of amides is 2. The summed E-state index contributed by atoms with van der Waals surface area (Å²) in [4.78, 5) is 28.1. The molecule has 3 rings (SSSR count). The predicted molar refractivity (Wildman–Crippen MR) is 154 cm³/mol. The number of carbonyl (C=O) groups is 2. The molecule has 200 valence electrons. The van der Waals surface area contributed by atoms with Gasteiger partial charge in [0.1, 0.15) is 5.75 Å². The van der Waals surface area contributed by atoms with Crippen molar-refractivity contribution < 1.29 is 14.3 Å². The maximum atomic E-state index is 13.3. The highest BCUT2D eigenvalue weighted by Crippen LogP contribution is 2.26. The van der Waals surface area contributed by atoms with Crippen molar-refractivity contribution in [1.29, 1.82) is 0 Å². The van der Waals surface area contributed by atoms with Crippen LogP contribution < -0.4 is 15.4 Å². The number of aryl methyl sites for hydroxylation is 2. The lowest BCUT2D eigenvalue weighted by molar-refractivity contribution is -0.128. The molecule has 37 heavy (non-hydrogen) atoms. The summed E-state index contributed by atoms with van der Waals surface area (Å²) >= 11 is 5.45. The third kappa shape index (κ3) is 8.03. The Morgan fingerprint density at radius 3 is 2.51 bits per heavy atom. The summed E-state index contributed by atoms with van der Waals surface area (Å²) in [5.41, 5.74) is 2.77. The molecule has 7 heteroatoms. The van der Waals surface area contributed by atoms with Crippen LogP contribution in [-0.4, -0.2) is 41.5 Å². The molecule has 0 aromatic heterocycles. The molecule has 1 saturated carbocycles. The fourth-order valence-corrected chi connectivity index (χ4v) is 4.90. The van der Waals surface area contributed by atoms with Crippen LogP contribution in [0.4, 0.5) is 5.69 Å². The van der Waals surface area contributed by atoms with E-state index < -0.39 is 5.41 Å². The molecule has 0 spiro atoms. The number of nitrogens with zero attached hydrogens (tertiary/aromatic N) is 1. The number of nitrogens with one attached hydrogen (secondary N) is 2. The maximum absolute atomic E-state index is 13.3. The molecule has 0 atom stereocenters. The van der Waals surface area contributed by atoms with Crippen LogP contribution in [0.3, 0.4) is 0 Å². The van der Waals surface area contributed by atoms with Crippen LogP contribution in [-0.2, 0) is 4.79 Å². The molecule has 0 unspecified atom stereocenters. The number of rotatable bonds is 9. The smallest absolute Gasteiger partial charge is 0.255 e. The number of ether oxygens (including phenoxy) is 1. The topological polar surface area (TPSA) is 70.7 Å². The van der Waals surface area contributed by atoms with Crippen LogP contribution in [0, 0.1) is 19.3 Å². The number of para-hydroxylation sites is 1. The van der Waals surface area contributed by atoms with Crippen molar-refractivity contribution in [3.8, 4) is 5.75 Å². The zero-order chi connectivity index (χ0) is 27.0. The van der Waals surface area contributed by atoms with Gasteiger partial charge in [0, 0.05) is 18.5 Å². The van der Waals surface area contributed by atoms with Crippen LogP contribution in [0.15, 0.2) is 42.5 Å². The largest absolute Gasteiger partial charge is 0.493 e. The molecule has 0 aliphatic heterocycles. The highest BCUT2D eigenvalue weighted by Gasteiger charge is 2.29. The van der Waals surface area contributed by atoms with E-state index in [0.29, 0.717) is 24.3 Å². The number of carbonyl (C=O) groups excluding carboxylic acids is 2. The normalized spacial score (nSPS) is 14.1. The summed E-state index contributed by atoms with van der Waals surface area (Å²) < 4.78 is 5.95. The van der Waals surface area contributed by atoms with Gasteiger partial charge in [-0.3, -0.25) is 9.59 Å². The lowest BCUT2D eigenvalue weighted by atomic mass is 9.87. The van der Waals surface area contributed by atoms with E-state index in [2.05, 4.69) is 22.8 Å². The van der Waals surface area contributed by atoms with Crippen molar-refractivity contribution >= 4 is 34.8 Å². The minimum Gasteiger partial charge on any atom is -0.493 e. The fourth-order valence-electron chi connectivity index (χ4n) is 4.70. The Kier molecular flexibility index (Phi) is 10.1. The summed E-state index contributed by atoms with van der Waals surface area (Å²) in [6, 6.07) is 13.7. The van der Waals surface area contributed by atoms with Gasteiger partial charge in [0.05, 0.1) is 17.9 Å². The van der Waals surface area contributed by atoms with Crippen LogP contribution in [0.1, 0.15) is 80.3 Å². The molecule has 0 heterocycles. The number of benzene rings is 2. The van der Waals surface area contributed by atoms with Gasteiger partial charge in [0.15, 0.2) is 5.11 Å². The minimum absolute atomic E-state index is 0.0340. The second kappa shape index (κ2) is 13.0. The average molecular weight is 524 g/mol. The van der Waals surface area contributed by atoms with Gasteiger partial charge in [-0.1, -0.05) is 57.4 Å². The third-order valence-electron chi connectivity index (χ3n) is 7.24. The number of anilines is 1. The Hall–Kier alpha value is -2.93. The van der Waals surface area contributed by atoms with E-state index in [1.165, 1.54) is 6.42 Å². The number of hydrogen-bond donors (Lipinski definition) is 2. The highest BCUT2D eigenvalue weighted by atomic mass is 32.1. The molecule has 0 bridgehead atoms. The zero-order valence-electron chi connectivity index (χ0n) is 22.9. The van der Waals surface area contributed by atoms with Crippen molar-refractivity contribution in [3.05, 3.63) is 59.2 Å². The van der Waals surface area contributed by atoms with E-state index in [1.54, 1.807) is 6.07 Å². The quantitative estimate of drug-likeness (QED) is 0.294. The Morgan fingerprint density at radius 1 is 1.08 bits per heavy atom. The summed E-state index contributed by atoms with van der Waals surface area (Å²) in [7, 11) is 1.88. The Bertz CT molecular complexity index is 1110.